The third kappa shape index (κ3) is 3.82. The Labute approximate surface area is 152 Å². The van der Waals surface area contributed by atoms with Crippen LogP contribution in [-0.4, -0.2) is 14.8 Å². The standard InChI is InChI=1S/C16H15BrClN3OS/c1-10(2)21-15(13-7-8-14(17)22-13)19-20-16(21)23-9-11-3-5-12(18)6-4-11/h3-8,10H,9H2,1-2H3. The van der Waals surface area contributed by atoms with Crippen LogP contribution in [0.15, 0.2) is 50.6 Å². The molecule has 23 heavy (non-hydrogen) atoms. The molecule has 7 heteroatoms. The summed E-state index contributed by atoms with van der Waals surface area (Å²) in [4.78, 5) is 0. The molecule has 3 aromatic rings. The predicted octanol–water partition coefficient (Wildman–Crippen LogP) is 5.83. The van der Waals surface area contributed by atoms with E-state index >= 15 is 0 Å². The smallest absolute Gasteiger partial charge is 0.200 e. The first kappa shape index (κ1) is 16.6. The molecular formula is C16H15BrClN3OS. The maximum absolute atomic E-state index is 5.92. The Kier molecular flexibility index (Phi) is 5.14. The molecule has 0 atom stereocenters. The van der Waals surface area contributed by atoms with E-state index in [0.29, 0.717) is 10.4 Å². The first-order valence-electron chi connectivity index (χ1n) is 7.12. The fourth-order valence-electron chi connectivity index (χ4n) is 2.17. The van der Waals surface area contributed by atoms with Crippen molar-refractivity contribution in [3.63, 3.8) is 0 Å². The summed E-state index contributed by atoms with van der Waals surface area (Å²) in [5.74, 6) is 2.25. The molecule has 120 valence electrons. The van der Waals surface area contributed by atoms with E-state index in [4.69, 9.17) is 16.0 Å². The second kappa shape index (κ2) is 7.11. The van der Waals surface area contributed by atoms with Gasteiger partial charge in [0.25, 0.3) is 0 Å². The molecule has 0 amide bonds. The van der Waals surface area contributed by atoms with Crippen molar-refractivity contribution >= 4 is 39.3 Å². The van der Waals surface area contributed by atoms with Gasteiger partial charge in [0, 0.05) is 16.8 Å². The van der Waals surface area contributed by atoms with Gasteiger partial charge in [0.15, 0.2) is 15.6 Å². The number of thioether (sulfide) groups is 1. The number of benzene rings is 1. The topological polar surface area (TPSA) is 43.9 Å². The van der Waals surface area contributed by atoms with Gasteiger partial charge in [-0.3, -0.25) is 4.57 Å². The van der Waals surface area contributed by atoms with E-state index in [1.54, 1.807) is 11.8 Å². The lowest BCUT2D eigenvalue weighted by Crippen LogP contribution is -2.04. The van der Waals surface area contributed by atoms with Crippen LogP contribution in [0, 0.1) is 0 Å². The molecule has 0 N–H and O–H groups in total. The molecule has 0 bridgehead atoms. The van der Waals surface area contributed by atoms with Gasteiger partial charge in [-0.2, -0.15) is 0 Å². The van der Waals surface area contributed by atoms with E-state index in [9.17, 15) is 0 Å². The average Bonchev–Trinajstić information content (AvgIpc) is 3.12. The maximum atomic E-state index is 5.92. The van der Waals surface area contributed by atoms with Crippen molar-refractivity contribution in [3.8, 4) is 11.6 Å². The van der Waals surface area contributed by atoms with E-state index in [-0.39, 0.29) is 6.04 Å². The molecule has 4 nitrogen and oxygen atoms in total. The van der Waals surface area contributed by atoms with Crippen LogP contribution in [0.2, 0.25) is 5.02 Å². The molecule has 0 aliphatic carbocycles. The molecule has 3 rings (SSSR count). The molecule has 0 fully saturated rings. The summed E-state index contributed by atoms with van der Waals surface area (Å²) < 4.78 is 8.39. The Morgan fingerprint density at radius 3 is 2.52 bits per heavy atom. The van der Waals surface area contributed by atoms with Gasteiger partial charge in [-0.15, -0.1) is 10.2 Å². The van der Waals surface area contributed by atoms with Crippen LogP contribution in [0.25, 0.3) is 11.6 Å². The Morgan fingerprint density at radius 1 is 1.17 bits per heavy atom. The van der Waals surface area contributed by atoms with Crippen molar-refractivity contribution in [2.75, 3.05) is 0 Å². The third-order valence-electron chi connectivity index (χ3n) is 3.26. The lowest BCUT2D eigenvalue weighted by molar-refractivity contribution is 0.519. The van der Waals surface area contributed by atoms with Gasteiger partial charge in [0.1, 0.15) is 0 Å². The highest BCUT2D eigenvalue weighted by atomic mass is 79.9. The van der Waals surface area contributed by atoms with Crippen molar-refractivity contribution in [2.24, 2.45) is 0 Å². The van der Waals surface area contributed by atoms with Gasteiger partial charge in [-0.1, -0.05) is 35.5 Å². The minimum absolute atomic E-state index is 0.233. The lowest BCUT2D eigenvalue weighted by atomic mass is 10.2. The monoisotopic (exact) mass is 411 g/mol. The minimum Gasteiger partial charge on any atom is -0.446 e. The van der Waals surface area contributed by atoms with Crippen LogP contribution in [0.3, 0.4) is 0 Å². The van der Waals surface area contributed by atoms with Crippen LogP contribution < -0.4 is 0 Å². The van der Waals surface area contributed by atoms with Gasteiger partial charge in [-0.25, -0.2) is 0 Å². The summed E-state index contributed by atoms with van der Waals surface area (Å²) in [6.45, 7) is 4.22. The maximum Gasteiger partial charge on any atom is 0.200 e. The lowest BCUT2D eigenvalue weighted by Gasteiger charge is -2.12. The Hall–Kier alpha value is -1.24. The Bertz CT molecular complexity index is 798. The number of aromatic nitrogens is 3. The average molecular weight is 413 g/mol. The van der Waals surface area contributed by atoms with Crippen molar-refractivity contribution in [2.45, 2.75) is 30.8 Å². The highest BCUT2D eigenvalue weighted by Crippen LogP contribution is 2.31. The van der Waals surface area contributed by atoms with Crippen LogP contribution in [0.1, 0.15) is 25.5 Å². The van der Waals surface area contributed by atoms with Gasteiger partial charge < -0.3 is 4.42 Å². The number of nitrogens with zero attached hydrogens (tertiary/aromatic N) is 3. The number of hydrogen-bond donors (Lipinski definition) is 0. The molecule has 0 saturated carbocycles. The molecule has 0 radical (unpaired) electrons. The van der Waals surface area contributed by atoms with Gasteiger partial charge in [0.2, 0.25) is 5.82 Å². The summed E-state index contributed by atoms with van der Waals surface area (Å²) in [5, 5.41) is 10.3. The number of halogens is 2. The Morgan fingerprint density at radius 2 is 1.91 bits per heavy atom. The van der Waals surface area contributed by atoms with Crippen molar-refractivity contribution in [1.82, 2.24) is 14.8 Å². The normalized spacial score (nSPS) is 11.3. The van der Waals surface area contributed by atoms with Crippen LogP contribution in [-0.2, 0) is 5.75 Å². The molecule has 2 aromatic heterocycles. The largest absolute Gasteiger partial charge is 0.446 e. The first-order valence-corrected chi connectivity index (χ1v) is 9.28. The molecule has 2 heterocycles. The SMILES string of the molecule is CC(C)n1c(SCc2ccc(Cl)cc2)nnc1-c1ccc(Br)o1. The van der Waals surface area contributed by atoms with Gasteiger partial charge >= 0.3 is 0 Å². The van der Waals surface area contributed by atoms with Crippen LogP contribution in [0.4, 0.5) is 0 Å². The minimum atomic E-state index is 0.233. The number of furan rings is 1. The van der Waals surface area contributed by atoms with Crippen LogP contribution >= 0.6 is 39.3 Å². The van der Waals surface area contributed by atoms with E-state index in [0.717, 1.165) is 21.8 Å². The molecule has 0 aliphatic rings. The fraction of sp³-hybridized carbons (Fsp3) is 0.250. The van der Waals surface area contributed by atoms with Crippen molar-refractivity contribution < 1.29 is 4.42 Å². The van der Waals surface area contributed by atoms with Gasteiger partial charge in [-0.05, 0) is 59.6 Å². The highest BCUT2D eigenvalue weighted by Gasteiger charge is 2.19. The summed E-state index contributed by atoms with van der Waals surface area (Å²) in [6, 6.07) is 11.8. The third-order valence-corrected chi connectivity index (χ3v) is 4.95. The summed E-state index contributed by atoms with van der Waals surface area (Å²) in [5.41, 5.74) is 1.19. The van der Waals surface area contributed by atoms with Crippen LogP contribution in [0.5, 0.6) is 0 Å². The second-order valence-electron chi connectivity index (χ2n) is 5.29. The number of hydrogen-bond acceptors (Lipinski definition) is 4. The molecule has 1 aromatic carbocycles. The number of rotatable bonds is 5. The fourth-order valence-corrected chi connectivity index (χ4v) is 3.63. The molecule has 0 aliphatic heterocycles. The molecule has 0 unspecified atom stereocenters. The summed E-state index contributed by atoms with van der Waals surface area (Å²) >= 11 is 10.9. The van der Waals surface area contributed by atoms with E-state index < -0.39 is 0 Å². The quantitative estimate of drug-likeness (QED) is 0.495. The predicted molar refractivity (Wildman–Crippen MR) is 96.8 cm³/mol. The van der Waals surface area contributed by atoms with Crippen molar-refractivity contribution in [3.05, 3.63) is 51.7 Å². The zero-order valence-electron chi connectivity index (χ0n) is 12.7. The van der Waals surface area contributed by atoms with E-state index in [1.807, 2.05) is 36.4 Å². The summed E-state index contributed by atoms with van der Waals surface area (Å²) in [7, 11) is 0. The molecule has 0 saturated heterocycles. The van der Waals surface area contributed by atoms with Crippen molar-refractivity contribution in [1.29, 1.82) is 0 Å². The molecular weight excluding hydrogens is 398 g/mol. The zero-order chi connectivity index (χ0) is 16.4. The second-order valence-corrected chi connectivity index (χ2v) is 7.45. The highest BCUT2D eigenvalue weighted by molar-refractivity contribution is 9.10. The zero-order valence-corrected chi connectivity index (χ0v) is 15.8. The van der Waals surface area contributed by atoms with Gasteiger partial charge in [0.05, 0.1) is 0 Å². The first-order chi connectivity index (χ1) is 11.0. The van der Waals surface area contributed by atoms with E-state index in [2.05, 4.69) is 44.5 Å². The summed E-state index contributed by atoms with van der Waals surface area (Å²) in [6.07, 6.45) is 0. The Balaban J connectivity index is 1.84. The molecule has 0 spiro atoms. The van der Waals surface area contributed by atoms with E-state index in [1.165, 1.54) is 5.56 Å².